The van der Waals surface area contributed by atoms with Gasteiger partial charge < -0.3 is 10.2 Å². The first-order valence-corrected chi connectivity index (χ1v) is 10.8. The minimum atomic E-state index is -0.415. The summed E-state index contributed by atoms with van der Waals surface area (Å²) in [5.41, 5.74) is 3.08. The number of hydrogen-bond acceptors (Lipinski definition) is 3. The highest BCUT2D eigenvalue weighted by molar-refractivity contribution is 6.34. The molecule has 2 amide bonds. The molecule has 0 radical (unpaired) electrons. The minimum absolute atomic E-state index is 0.191. The highest BCUT2D eigenvalue weighted by atomic mass is 35.5. The zero-order valence-electron chi connectivity index (χ0n) is 17.7. The molecule has 2 aromatic carbocycles. The van der Waals surface area contributed by atoms with Crippen LogP contribution in [0.5, 0.6) is 0 Å². The monoisotopic (exact) mass is 490 g/mol. The molecule has 0 fully saturated rings. The van der Waals surface area contributed by atoms with E-state index in [0.29, 0.717) is 44.3 Å². The van der Waals surface area contributed by atoms with Gasteiger partial charge in [0.2, 0.25) is 5.91 Å². The standard InChI is InChI=1S/C23H21Cl3N4O2/c1-14-18(22(26)30(28-14)13-15-4-7-17(24)8-5-15)9-11-21(31)27-20-12-16(6-10-19(20)25)23(32)29(2)3/h4-12H,13H2,1-3H3,(H,27,31)/b11-9+. The average Bonchev–Trinajstić information content (AvgIpc) is 3.01. The smallest absolute Gasteiger partial charge is 0.253 e. The Kier molecular flexibility index (Phi) is 7.61. The van der Waals surface area contributed by atoms with Gasteiger partial charge in [-0.15, -0.1) is 0 Å². The molecule has 32 heavy (non-hydrogen) atoms. The average molecular weight is 492 g/mol. The number of rotatable bonds is 6. The van der Waals surface area contributed by atoms with Crippen LogP contribution in [0.1, 0.15) is 27.2 Å². The van der Waals surface area contributed by atoms with Crippen molar-refractivity contribution in [3.05, 3.63) is 86.1 Å². The van der Waals surface area contributed by atoms with Crippen molar-refractivity contribution in [2.75, 3.05) is 19.4 Å². The van der Waals surface area contributed by atoms with Gasteiger partial charge in [-0.3, -0.25) is 9.59 Å². The maximum Gasteiger partial charge on any atom is 0.253 e. The third kappa shape index (κ3) is 5.71. The Bertz CT molecular complexity index is 1180. The van der Waals surface area contributed by atoms with Crippen LogP contribution in [0.3, 0.4) is 0 Å². The van der Waals surface area contributed by atoms with Gasteiger partial charge >= 0.3 is 0 Å². The zero-order chi connectivity index (χ0) is 23.4. The van der Waals surface area contributed by atoms with Gasteiger partial charge in [0.25, 0.3) is 5.91 Å². The molecule has 3 aromatic rings. The molecule has 9 heteroatoms. The molecule has 1 N–H and O–H groups in total. The van der Waals surface area contributed by atoms with Gasteiger partial charge in [-0.05, 0) is 48.9 Å². The third-order valence-corrected chi connectivity index (χ3v) is 5.61. The molecule has 3 rings (SSSR count). The van der Waals surface area contributed by atoms with Crippen LogP contribution in [0.25, 0.3) is 6.08 Å². The quantitative estimate of drug-likeness (QED) is 0.459. The van der Waals surface area contributed by atoms with Crippen LogP contribution in [-0.2, 0) is 11.3 Å². The molecule has 0 aliphatic heterocycles. The number of hydrogen-bond donors (Lipinski definition) is 1. The molecule has 1 aromatic heterocycles. The Morgan fingerprint density at radius 3 is 2.44 bits per heavy atom. The van der Waals surface area contributed by atoms with E-state index in [-0.39, 0.29) is 5.91 Å². The van der Waals surface area contributed by atoms with E-state index < -0.39 is 5.91 Å². The number of benzene rings is 2. The molecule has 0 saturated carbocycles. The highest BCUT2D eigenvalue weighted by Crippen LogP contribution is 2.25. The Labute approximate surface area is 201 Å². The van der Waals surface area contributed by atoms with Gasteiger partial charge in [0.15, 0.2) is 0 Å². The number of aromatic nitrogens is 2. The van der Waals surface area contributed by atoms with Gasteiger partial charge in [0.1, 0.15) is 5.15 Å². The predicted octanol–water partition coefficient (Wildman–Crippen LogP) is 5.55. The van der Waals surface area contributed by atoms with Crippen molar-refractivity contribution in [3.8, 4) is 0 Å². The number of carbonyl (C=O) groups is 2. The first-order valence-electron chi connectivity index (χ1n) is 9.63. The Morgan fingerprint density at radius 2 is 1.78 bits per heavy atom. The number of nitrogens with zero attached hydrogens (tertiary/aromatic N) is 3. The number of aryl methyl sites for hydroxylation is 1. The summed E-state index contributed by atoms with van der Waals surface area (Å²) in [5.74, 6) is -0.606. The van der Waals surface area contributed by atoms with Crippen molar-refractivity contribution in [1.82, 2.24) is 14.7 Å². The molecule has 0 spiro atoms. The first-order chi connectivity index (χ1) is 15.2. The maximum atomic E-state index is 12.5. The van der Waals surface area contributed by atoms with Crippen molar-refractivity contribution in [1.29, 1.82) is 0 Å². The van der Waals surface area contributed by atoms with E-state index in [4.69, 9.17) is 34.8 Å². The van der Waals surface area contributed by atoms with Crippen molar-refractivity contribution in [3.63, 3.8) is 0 Å². The minimum Gasteiger partial charge on any atom is -0.345 e. The zero-order valence-corrected chi connectivity index (χ0v) is 20.0. The van der Waals surface area contributed by atoms with E-state index in [0.717, 1.165) is 5.56 Å². The SMILES string of the molecule is Cc1nn(Cc2ccc(Cl)cc2)c(Cl)c1/C=C/C(=O)Nc1cc(C(=O)N(C)C)ccc1Cl. The number of carbonyl (C=O) groups excluding carboxylic acids is 2. The lowest BCUT2D eigenvalue weighted by molar-refractivity contribution is -0.111. The van der Waals surface area contributed by atoms with E-state index in [9.17, 15) is 9.59 Å². The van der Waals surface area contributed by atoms with E-state index in [1.165, 1.54) is 11.0 Å². The van der Waals surface area contributed by atoms with Gasteiger partial charge in [0.05, 0.1) is 22.9 Å². The van der Waals surface area contributed by atoms with Crippen LogP contribution in [-0.4, -0.2) is 40.6 Å². The predicted molar refractivity (Wildman–Crippen MR) is 130 cm³/mol. The topological polar surface area (TPSA) is 67.2 Å². The molecule has 1 heterocycles. The van der Waals surface area contributed by atoms with E-state index in [1.54, 1.807) is 55.2 Å². The summed E-state index contributed by atoms with van der Waals surface area (Å²) in [6.45, 7) is 2.29. The molecule has 6 nitrogen and oxygen atoms in total. The molecule has 0 atom stereocenters. The normalized spacial score (nSPS) is 11.1. The summed E-state index contributed by atoms with van der Waals surface area (Å²) in [7, 11) is 3.30. The lowest BCUT2D eigenvalue weighted by Gasteiger charge is -2.12. The number of halogens is 3. The molecule has 0 bridgehead atoms. The maximum absolute atomic E-state index is 12.5. The fourth-order valence-electron chi connectivity index (χ4n) is 2.97. The Morgan fingerprint density at radius 1 is 1.09 bits per heavy atom. The van der Waals surface area contributed by atoms with Crippen LogP contribution >= 0.6 is 34.8 Å². The summed E-state index contributed by atoms with van der Waals surface area (Å²) in [5, 5.41) is 8.55. The molecule has 0 unspecified atom stereocenters. The van der Waals surface area contributed by atoms with Crippen molar-refractivity contribution >= 4 is 58.4 Å². The molecular formula is C23H21Cl3N4O2. The summed E-state index contributed by atoms with van der Waals surface area (Å²) < 4.78 is 1.66. The van der Waals surface area contributed by atoms with Crippen LogP contribution < -0.4 is 5.32 Å². The lowest BCUT2D eigenvalue weighted by atomic mass is 10.1. The van der Waals surface area contributed by atoms with Gasteiger partial charge in [-0.1, -0.05) is 46.9 Å². The summed E-state index contributed by atoms with van der Waals surface area (Å²) in [4.78, 5) is 26.1. The van der Waals surface area contributed by atoms with Crippen LogP contribution in [0.2, 0.25) is 15.2 Å². The summed E-state index contributed by atoms with van der Waals surface area (Å²) in [6, 6.07) is 12.1. The van der Waals surface area contributed by atoms with Gasteiger partial charge in [-0.2, -0.15) is 5.10 Å². The van der Waals surface area contributed by atoms with Crippen molar-refractivity contribution < 1.29 is 9.59 Å². The summed E-state index contributed by atoms with van der Waals surface area (Å²) in [6.07, 6.45) is 2.94. The molecule has 166 valence electrons. The lowest BCUT2D eigenvalue weighted by Crippen LogP contribution is -2.21. The van der Waals surface area contributed by atoms with Gasteiger partial charge in [-0.25, -0.2) is 4.68 Å². The largest absolute Gasteiger partial charge is 0.345 e. The van der Waals surface area contributed by atoms with E-state index in [1.807, 2.05) is 19.1 Å². The van der Waals surface area contributed by atoms with Crippen LogP contribution in [0.15, 0.2) is 48.5 Å². The van der Waals surface area contributed by atoms with Crippen molar-refractivity contribution in [2.24, 2.45) is 0 Å². The van der Waals surface area contributed by atoms with E-state index in [2.05, 4.69) is 10.4 Å². The third-order valence-electron chi connectivity index (χ3n) is 4.63. The molecule has 0 aliphatic carbocycles. The second-order valence-electron chi connectivity index (χ2n) is 7.29. The van der Waals surface area contributed by atoms with Crippen molar-refractivity contribution in [2.45, 2.75) is 13.5 Å². The van der Waals surface area contributed by atoms with Crippen LogP contribution in [0.4, 0.5) is 5.69 Å². The Balaban J connectivity index is 1.75. The molecule has 0 saturated heterocycles. The molecular weight excluding hydrogens is 471 g/mol. The second-order valence-corrected chi connectivity index (χ2v) is 8.49. The number of amides is 2. The molecule has 0 aliphatic rings. The second kappa shape index (κ2) is 10.2. The fourth-order valence-corrected chi connectivity index (χ4v) is 3.56. The first kappa shape index (κ1) is 23.9. The van der Waals surface area contributed by atoms with E-state index >= 15 is 0 Å². The number of nitrogens with one attached hydrogen (secondary N) is 1. The highest BCUT2D eigenvalue weighted by Gasteiger charge is 2.14. The fraction of sp³-hybridized carbons (Fsp3) is 0.174. The summed E-state index contributed by atoms with van der Waals surface area (Å²) >= 11 is 18.6. The number of anilines is 1. The van der Waals surface area contributed by atoms with Crippen LogP contribution in [0, 0.1) is 6.92 Å². The van der Waals surface area contributed by atoms with Gasteiger partial charge in [0, 0.05) is 36.3 Å². The Hall–Kier alpha value is -2.80.